The van der Waals surface area contributed by atoms with Crippen molar-refractivity contribution in [2.24, 2.45) is 0 Å². The Labute approximate surface area is 163 Å². The van der Waals surface area contributed by atoms with Crippen molar-refractivity contribution in [1.82, 2.24) is 15.3 Å². The molecule has 0 saturated heterocycles. The van der Waals surface area contributed by atoms with Crippen molar-refractivity contribution in [2.75, 3.05) is 12.9 Å². The number of imidazole rings is 1. The van der Waals surface area contributed by atoms with Gasteiger partial charge in [0.25, 0.3) is 0 Å². The van der Waals surface area contributed by atoms with E-state index in [1.807, 2.05) is 49.4 Å². The smallest absolute Gasteiger partial charge is 0.230 e. The van der Waals surface area contributed by atoms with Gasteiger partial charge in [0.15, 0.2) is 5.16 Å². The Hall–Kier alpha value is -2.73. The Morgan fingerprint density at radius 2 is 1.85 bits per heavy atom. The molecule has 5 nitrogen and oxygen atoms in total. The van der Waals surface area contributed by atoms with Crippen molar-refractivity contribution < 1.29 is 9.53 Å². The zero-order chi connectivity index (χ0) is 19.1. The molecule has 2 aromatic carbocycles. The molecule has 3 aromatic rings. The summed E-state index contributed by atoms with van der Waals surface area (Å²) in [5, 5.41) is 3.70. The average Bonchev–Trinajstić information content (AvgIpc) is 3.05. The Bertz CT molecular complexity index is 876. The van der Waals surface area contributed by atoms with Gasteiger partial charge in [-0.3, -0.25) is 4.79 Å². The number of H-pyrrole nitrogens is 1. The molecule has 0 atom stereocenters. The van der Waals surface area contributed by atoms with E-state index in [9.17, 15) is 4.79 Å². The fourth-order valence-corrected chi connectivity index (χ4v) is 3.40. The van der Waals surface area contributed by atoms with Gasteiger partial charge < -0.3 is 15.0 Å². The van der Waals surface area contributed by atoms with E-state index in [1.165, 1.54) is 17.3 Å². The second kappa shape index (κ2) is 9.28. The van der Waals surface area contributed by atoms with E-state index in [0.717, 1.165) is 34.3 Å². The second-order valence-corrected chi connectivity index (χ2v) is 7.15. The number of ether oxygens (including phenoxy) is 1. The number of aromatic nitrogens is 2. The van der Waals surface area contributed by atoms with Gasteiger partial charge in [0, 0.05) is 18.7 Å². The summed E-state index contributed by atoms with van der Waals surface area (Å²) in [7, 11) is 1.63. The molecular formula is C21H23N3O2S. The predicted molar refractivity (Wildman–Crippen MR) is 108 cm³/mol. The SMILES string of the molecule is COc1ccc(CNC(=O)CSc2nc(Cc3ccccc3)c(C)[nH]2)cc1. The largest absolute Gasteiger partial charge is 0.497 e. The highest BCUT2D eigenvalue weighted by Crippen LogP contribution is 2.19. The third-order valence-electron chi connectivity index (χ3n) is 4.17. The van der Waals surface area contributed by atoms with Crippen molar-refractivity contribution in [1.29, 1.82) is 0 Å². The molecule has 0 fully saturated rings. The molecule has 0 aliphatic carbocycles. The maximum atomic E-state index is 12.1. The highest BCUT2D eigenvalue weighted by atomic mass is 32.2. The van der Waals surface area contributed by atoms with Gasteiger partial charge >= 0.3 is 0 Å². The number of rotatable bonds is 8. The fraction of sp³-hybridized carbons (Fsp3) is 0.238. The third kappa shape index (κ3) is 5.62. The Morgan fingerprint density at radius 1 is 1.11 bits per heavy atom. The lowest BCUT2D eigenvalue weighted by Gasteiger charge is -2.05. The number of nitrogens with one attached hydrogen (secondary N) is 2. The molecule has 0 saturated carbocycles. The van der Waals surface area contributed by atoms with E-state index in [0.29, 0.717) is 12.3 Å². The monoisotopic (exact) mass is 381 g/mol. The highest BCUT2D eigenvalue weighted by molar-refractivity contribution is 7.99. The summed E-state index contributed by atoms with van der Waals surface area (Å²) in [6.45, 7) is 2.51. The molecule has 0 unspecified atom stereocenters. The Kier molecular flexibility index (Phi) is 6.54. The minimum atomic E-state index is -0.0190. The number of carbonyl (C=O) groups is 1. The van der Waals surface area contributed by atoms with E-state index < -0.39 is 0 Å². The van der Waals surface area contributed by atoms with Crippen molar-refractivity contribution in [3.63, 3.8) is 0 Å². The van der Waals surface area contributed by atoms with Gasteiger partial charge in [-0.2, -0.15) is 0 Å². The molecule has 6 heteroatoms. The van der Waals surface area contributed by atoms with Crippen LogP contribution in [0.5, 0.6) is 5.75 Å². The molecule has 0 spiro atoms. The first-order chi connectivity index (χ1) is 13.1. The molecule has 2 N–H and O–H groups in total. The van der Waals surface area contributed by atoms with Crippen molar-refractivity contribution in [3.05, 3.63) is 77.1 Å². The summed E-state index contributed by atoms with van der Waals surface area (Å²) >= 11 is 1.42. The first-order valence-corrected chi connectivity index (χ1v) is 9.74. The predicted octanol–water partition coefficient (Wildman–Crippen LogP) is 3.73. The summed E-state index contributed by atoms with van der Waals surface area (Å²) in [6.07, 6.45) is 0.785. The van der Waals surface area contributed by atoms with E-state index >= 15 is 0 Å². The Morgan fingerprint density at radius 3 is 2.56 bits per heavy atom. The zero-order valence-electron chi connectivity index (χ0n) is 15.5. The lowest BCUT2D eigenvalue weighted by atomic mass is 10.1. The maximum Gasteiger partial charge on any atom is 0.230 e. The fourth-order valence-electron chi connectivity index (χ4n) is 2.63. The molecule has 1 amide bonds. The summed E-state index contributed by atoms with van der Waals surface area (Å²) in [5.74, 6) is 1.11. The molecule has 0 aliphatic heterocycles. The summed E-state index contributed by atoms with van der Waals surface area (Å²) in [5.41, 5.74) is 4.32. The number of aryl methyl sites for hydroxylation is 1. The van der Waals surface area contributed by atoms with Gasteiger partial charge in [-0.25, -0.2) is 4.98 Å². The van der Waals surface area contributed by atoms with Crippen LogP contribution in [-0.4, -0.2) is 28.7 Å². The highest BCUT2D eigenvalue weighted by Gasteiger charge is 2.10. The quantitative estimate of drug-likeness (QED) is 0.584. The molecule has 27 heavy (non-hydrogen) atoms. The van der Waals surface area contributed by atoms with E-state index in [4.69, 9.17) is 4.74 Å². The van der Waals surface area contributed by atoms with E-state index in [1.54, 1.807) is 7.11 Å². The van der Waals surface area contributed by atoms with Crippen LogP contribution in [0, 0.1) is 6.92 Å². The van der Waals surface area contributed by atoms with Crippen LogP contribution in [0.4, 0.5) is 0 Å². The standard InChI is InChI=1S/C21H23N3O2S/c1-15-19(12-16-6-4-3-5-7-16)24-21(23-15)27-14-20(25)22-13-17-8-10-18(26-2)11-9-17/h3-11H,12-14H2,1-2H3,(H,22,25)(H,23,24). The number of thioether (sulfide) groups is 1. The van der Waals surface area contributed by atoms with Gasteiger partial charge in [-0.15, -0.1) is 0 Å². The van der Waals surface area contributed by atoms with Gasteiger partial charge in [0.2, 0.25) is 5.91 Å². The molecular weight excluding hydrogens is 358 g/mol. The topological polar surface area (TPSA) is 67.0 Å². The van der Waals surface area contributed by atoms with Crippen molar-refractivity contribution in [2.45, 2.75) is 25.0 Å². The molecule has 0 radical (unpaired) electrons. The summed E-state index contributed by atoms with van der Waals surface area (Å²) in [4.78, 5) is 20.0. The number of benzene rings is 2. The number of nitrogens with zero attached hydrogens (tertiary/aromatic N) is 1. The summed E-state index contributed by atoms with van der Waals surface area (Å²) in [6, 6.07) is 17.9. The van der Waals surface area contributed by atoms with Crippen LogP contribution in [0.15, 0.2) is 59.8 Å². The molecule has 1 aromatic heterocycles. The van der Waals surface area contributed by atoms with Crippen molar-refractivity contribution in [3.8, 4) is 5.75 Å². The van der Waals surface area contributed by atoms with Gasteiger partial charge in [-0.1, -0.05) is 54.2 Å². The van der Waals surface area contributed by atoms with Gasteiger partial charge in [0.05, 0.1) is 18.6 Å². The lowest BCUT2D eigenvalue weighted by molar-refractivity contribution is -0.118. The molecule has 1 heterocycles. The minimum absolute atomic E-state index is 0.0190. The molecule has 0 aliphatic rings. The van der Waals surface area contributed by atoms with Crippen molar-refractivity contribution >= 4 is 17.7 Å². The van der Waals surface area contributed by atoms with Crippen LogP contribution >= 0.6 is 11.8 Å². The Balaban J connectivity index is 1.47. The second-order valence-electron chi connectivity index (χ2n) is 6.19. The van der Waals surface area contributed by atoms with Gasteiger partial charge in [0.1, 0.15) is 5.75 Å². The molecule has 3 rings (SSSR count). The van der Waals surface area contributed by atoms with Crippen LogP contribution in [-0.2, 0) is 17.8 Å². The zero-order valence-corrected chi connectivity index (χ0v) is 16.3. The first-order valence-electron chi connectivity index (χ1n) is 8.76. The van der Waals surface area contributed by atoms with E-state index in [2.05, 4.69) is 27.4 Å². The first kappa shape index (κ1) is 19.0. The normalized spacial score (nSPS) is 10.6. The van der Waals surface area contributed by atoms with Gasteiger partial charge in [-0.05, 0) is 30.2 Å². The van der Waals surface area contributed by atoms with E-state index in [-0.39, 0.29) is 5.91 Å². The van der Waals surface area contributed by atoms with Crippen LogP contribution in [0.3, 0.4) is 0 Å². The lowest BCUT2D eigenvalue weighted by Crippen LogP contribution is -2.24. The molecule has 140 valence electrons. The summed E-state index contributed by atoms with van der Waals surface area (Å²) < 4.78 is 5.13. The van der Waals surface area contributed by atoms with Crippen LogP contribution in [0.25, 0.3) is 0 Å². The number of carbonyl (C=O) groups excluding carboxylic acids is 1. The van der Waals surface area contributed by atoms with Crippen LogP contribution in [0.2, 0.25) is 0 Å². The number of aromatic amines is 1. The maximum absolute atomic E-state index is 12.1. The molecule has 0 bridgehead atoms. The van der Waals surface area contributed by atoms with Crippen LogP contribution < -0.4 is 10.1 Å². The number of hydrogen-bond donors (Lipinski definition) is 2. The number of hydrogen-bond acceptors (Lipinski definition) is 4. The third-order valence-corrected chi connectivity index (χ3v) is 5.04. The number of methoxy groups -OCH3 is 1. The average molecular weight is 382 g/mol. The minimum Gasteiger partial charge on any atom is -0.497 e. The number of amides is 1. The van der Waals surface area contributed by atoms with Crippen LogP contribution in [0.1, 0.15) is 22.5 Å².